The maximum atomic E-state index is 10.1. The highest BCUT2D eigenvalue weighted by Crippen LogP contribution is 2.25. The molecule has 0 saturated carbocycles. The number of hydrogen-bond donors (Lipinski definition) is 1. The summed E-state index contributed by atoms with van der Waals surface area (Å²) in [5.41, 5.74) is 2.61. The molecule has 1 aromatic carbocycles. The molecular weight excluding hydrogens is 190 g/mol. The number of carbonyl (C=O) groups excluding carboxylic acids is 1. The number of fused-ring (bicyclic) bond motifs is 1. The van der Waals surface area contributed by atoms with E-state index in [0.717, 1.165) is 38.0 Å². The lowest BCUT2D eigenvalue weighted by Crippen LogP contribution is -2.19. The topological polar surface area (TPSA) is 38.3 Å². The Hall–Kier alpha value is -1.35. The van der Waals surface area contributed by atoms with Gasteiger partial charge in [0.25, 0.3) is 0 Å². The summed E-state index contributed by atoms with van der Waals surface area (Å²) < 4.78 is 5.43. The Morgan fingerprint density at radius 2 is 2.40 bits per heavy atom. The van der Waals surface area contributed by atoms with Crippen molar-refractivity contribution in [2.45, 2.75) is 12.8 Å². The van der Waals surface area contributed by atoms with E-state index in [0.29, 0.717) is 6.54 Å². The fourth-order valence-electron chi connectivity index (χ4n) is 1.79. The molecule has 2 rings (SSSR count). The molecule has 0 fully saturated rings. The van der Waals surface area contributed by atoms with E-state index < -0.39 is 0 Å². The van der Waals surface area contributed by atoms with Crippen molar-refractivity contribution in [2.24, 2.45) is 0 Å². The van der Waals surface area contributed by atoms with Crippen LogP contribution in [0.15, 0.2) is 18.2 Å². The number of benzene rings is 1. The Labute approximate surface area is 89.4 Å². The summed E-state index contributed by atoms with van der Waals surface area (Å²) in [5, 5.41) is 3.05. The molecule has 0 amide bonds. The van der Waals surface area contributed by atoms with Crippen LogP contribution in [0.1, 0.15) is 11.1 Å². The van der Waals surface area contributed by atoms with Crippen LogP contribution in [0.2, 0.25) is 0 Å². The van der Waals surface area contributed by atoms with Crippen LogP contribution in [0.3, 0.4) is 0 Å². The molecule has 0 unspecified atom stereocenters. The summed E-state index contributed by atoms with van der Waals surface area (Å²) >= 11 is 0. The number of ether oxygens (including phenoxy) is 1. The summed E-state index contributed by atoms with van der Waals surface area (Å²) in [6.45, 7) is 2.09. The van der Waals surface area contributed by atoms with Crippen LogP contribution >= 0.6 is 0 Å². The maximum absolute atomic E-state index is 10.1. The highest BCUT2D eigenvalue weighted by atomic mass is 16.5. The minimum Gasteiger partial charge on any atom is -0.493 e. The van der Waals surface area contributed by atoms with Crippen LogP contribution in [0, 0.1) is 0 Å². The molecule has 0 atom stereocenters. The summed E-state index contributed by atoms with van der Waals surface area (Å²) in [6, 6.07) is 6.33. The van der Waals surface area contributed by atoms with Crippen molar-refractivity contribution in [3.05, 3.63) is 29.3 Å². The van der Waals surface area contributed by atoms with Gasteiger partial charge in [-0.3, -0.25) is 0 Å². The molecule has 80 valence electrons. The zero-order valence-corrected chi connectivity index (χ0v) is 8.66. The van der Waals surface area contributed by atoms with Gasteiger partial charge in [-0.05, 0) is 30.2 Å². The Balaban J connectivity index is 1.89. The van der Waals surface area contributed by atoms with E-state index >= 15 is 0 Å². The van der Waals surface area contributed by atoms with E-state index in [1.807, 2.05) is 6.07 Å². The third kappa shape index (κ3) is 2.57. The lowest BCUT2D eigenvalue weighted by molar-refractivity contribution is -0.107. The molecule has 3 nitrogen and oxygen atoms in total. The molecular formula is C12H15NO2. The first kappa shape index (κ1) is 10.2. The first-order valence-corrected chi connectivity index (χ1v) is 5.29. The van der Waals surface area contributed by atoms with Crippen LogP contribution in [0.25, 0.3) is 0 Å². The van der Waals surface area contributed by atoms with Gasteiger partial charge in [0, 0.05) is 6.42 Å². The van der Waals surface area contributed by atoms with Crippen LogP contribution < -0.4 is 10.1 Å². The lowest BCUT2D eigenvalue weighted by atomic mass is 10.1. The fraction of sp³-hybridized carbons (Fsp3) is 0.417. The molecule has 1 aromatic rings. The molecule has 0 bridgehead atoms. The van der Waals surface area contributed by atoms with E-state index in [1.165, 1.54) is 11.1 Å². The molecule has 1 N–H and O–H groups in total. The van der Waals surface area contributed by atoms with E-state index in [4.69, 9.17) is 4.74 Å². The van der Waals surface area contributed by atoms with Crippen molar-refractivity contribution in [2.75, 3.05) is 19.7 Å². The Bertz CT molecular complexity index is 349. The monoisotopic (exact) mass is 205 g/mol. The number of aldehydes is 1. The molecule has 15 heavy (non-hydrogen) atoms. The smallest absolute Gasteiger partial charge is 0.133 e. The molecule has 0 saturated heterocycles. The number of hydrogen-bond acceptors (Lipinski definition) is 3. The third-order valence-corrected chi connectivity index (χ3v) is 2.57. The SMILES string of the molecule is O=CCNCCc1ccc2c(c1)CCO2. The molecule has 0 spiro atoms. The van der Waals surface area contributed by atoms with Crippen LogP contribution in [0.4, 0.5) is 0 Å². The Morgan fingerprint density at radius 1 is 1.47 bits per heavy atom. The predicted octanol–water partition coefficient (Wildman–Crippen LogP) is 0.952. The molecule has 0 aromatic heterocycles. The summed E-state index contributed by atoms with van der Waals surface area (Å²) in [5.74, 6) is 1.03. The van der Waals surface area contributed by atoms with Gasteiger partial charge < -0.3 is 14.8 Å². The van der Waals surface area contributed by atoms with Gasteiger partial charge in [-0.2, -0.15) is 0 Å². The zero-order valence-electron chi connectivity index (χ0n) is 8.66. The van der Waals surface area contributed by atoms with Crippen molar-refractivity contribution in [1.29, 1.82) is 0 Å². The minimum atomic E-state index is 0.439. The Morgan fingerprint density at radius 3 is 3.27 bits per heavy atom. The van der Waals surface area contributed by atoms with Gasteiger partial charge in [0.1, 0.15) is 12.0 Å². The second-order valence-electron chi connectivity index (χ2n) is 3.66. The molecule has 1 aliphatic heterocycles. The second kappa shape index (κ2) is 4.94. The highest BCUT2D eigenvalue weighted by Gasteiger charge is 2.11. The van der Waals surface area contributed by atoms with Crippen molar-refractivity contribution in [3.63, 3.8) is 0 Å². The van der Waals surface area contributed by atoms with E-state index in [2.05, 4.69) is 17.4 Å². The van der Waals surface area contributed by atoms with Crippen LogP contribution in [-0.4, -0.2) is 26.0 Å². The highest BCUT2D eigenvalue weighted by molar-refractivity contribution is 5.51. The third-order valence-electron chi connectivity index (χ3n) is 2.57. The summed E-state index contributed by atoms with van der Waals surface area (Å²) in [6.07, 6.45) is 2.86. The van der Waals surface area contributed by atoms with Gasteiger partial charge in [-0.15, -0.1) is 0 Å². The zero-order chi connectivity index (χ0) is 10.5. The van der Waals surface area contributed by atoms with Gasteiger partial charge >= 0.3 is 0 Å². The average Bonchev–Trinajstić information content (AvgIpc) is 2.71. The van der Waals surface area contributed by atoms with Crippen molar-refractivity contribution >= 4 is 6.29 Å². The number of carbonyl (C=O) groups is 1. The first-order valence-electron chi connectivity index (χ1n) is 5.29. The van der Waals surface area contributed by atoms with Gasteiger partial charge in [0.15, 0.2) is 0 Å². The minimum absolute atomic E-state index is 0.439. The standard InChI is InChI=1S/C12H15NO2/c14-7-6-13-5-3-10-1-2-12-11(9-10)4-8-15-12/h1-2,7,9,13H,3-6,8H2. The van der Waals surface area contributed by atoms with Crippen molar-refractivity contribution < 1.29 is 9.53 Å². The average molecular weight is 205 g/mol. The van der Waals surface area contributed by atoms with Crippen LogP contribution in [0.5, 0.6) is 5.75 Å². The molecule has 0 aliphatic carbocycles. The summed E-state index contributed by atoms with van der Waals surface area (Å²) in [4.78, 5) is 10.1. The summed E-state index contributed by atoms with van der Waals surface area (Å²) in [7, 11) is 0. The van der Waals surface area contributed by atoms with Gasteiger partial charge in [-0.25, -0.2) is 0 Å². The van der Waals surface area contributed by atoms with Gasteiger partial charge in [-0.1, -0.05) is 12.1 Å². The Kier molecular flexibility index (Phi) is 3.35. The molecule has 3 heteroatoms. The second-order valence-corrected chi connectivity index (χ2v) is 3.66. The molecule has 0 radical (unpaired) electrons. The quantitative estimate of drug-likeness (QED) is 0.574. The van der Waals surface area contributed by atoms with Gasteiger partial charge in [0.05, 0.1) is 13.2 Å². The first-order chi connectivity index (χ1) is 7.40. The van der Waals surface area contributed by atoms with Crippen LogP contribution in [-0.2, 0) is 17.6 Å². The van der Waals surface area contributed by atoms with Crippen molar-refractivity contribution in [1.82, 2.24) is 5.32 Å². The normalized spacial score (nSPS) is 13.3. The van der Waals surface area contributed by atoms with Gasteiger partial charge in [0.2, 0.25) is 0 Å². The molecule has 1 heterocycles. The lowest BCUT2D eigenvalue weighted by Gasteiger charge is -2.04. The van der Waals surface area contributed by atoms with E-state index in [1.54, 1.807) is 0 Å². The fourth-order valence-corrected chi connectivity index (χ4v) is 1.79. The molecule has 1 aliphatic rings. The number of nitrogens with one attached hydrogen (secondary N) is 1. The van der Waals surface area contributed by atoms with E-state index in [9.17, 15) is 4.79 Å². The predicted molar refractivity (Wildman–Crippen MR) is 58.3 cm³/mol. The largest absolute Gasteiger partial charge is 0.493 e. The van der Waals surface area contributed by atoms with Crippen molar-refractivity contribution in [3.8, 4) is 5.75 Å². The number of rotatable bonds is 5. The maximum Gasteiger partial charge on any atom is 0.133 e. The van der Waals surface area contributed by atoms with E-state index in [-0.39, 0.29) is 0 Å².